The van der Waals surface area contributed by atoms with E-state index in [0.29, 0.717) is 12.2 Å². The van der Waals surface area contributed by atoms with Gasteiger partial charge in [0.1, 0.15) is 6.10 Å². The van der Waals surface area contributed by atoms with E-state index in [1.165, 1.54) is 38.5 Å². The molecule has 1 heteroatoms. The van der Waals surface area contributed by atoms with Crippen LogP contribution in [0.3, 0.4) is 0 Å². The number of hydrogen-bond donors (Lipinski definition) is 0. The van der Waals surface area contributed by atoms with Gasteiger partial charge in [0.25, 0.3) is 0 Å². The van der Waals surface area contributed by atoms with Crippen LogP contribution in [0.2, 0.25) is 0 Å². The summed E-state index contributed by atoms with van der Waals surface area (Å²) in [6.07, 6.45) is 14.5. The van der Waals surface area contributed by atoms with Crippen LogP contribution < -0.4 is 0 Å². The minimum absolute atomic E-state index is 0.514. The van der Waals surface area contributed by atoms with Crippen molar-refractivity contribution in [2.45, 2.75) is 50.7 Å². The summed E-state index contributed by atoms with van der Waals surface area (Å²) in [5.74, 6) is 1.83. The Bertz CT molecular complexity index is 215. The number of fused-ring (bicyclic) bond motifs is 1. The van der Waals surface area contributed by atoms with E-state index < -0.39 is 0 Å². The van der Waals surface area contributed by atoms with Gasteiger partial charge in [0.05, 0.1) is 6.10 Å². The molecule has 0 aromatic carbocycles. The average Bonchev–Trinajstić information content (AvgIpc) is 2.96. The number of hydrogen-bond acceptors (Lipinski definition) is 1. The minimum atomic E-state index is 0.514. The summed E-state index contributed by atoms with van der Waals surface area (Å²) in [6.45, 7) is 0. The van der Waals surface area contributed by atoms with Crippen LogP contribution in [0.1, 0.15) is 38.5 Å². The highest BCUT2D eigenvalue weighted by atomic mass is 16.6. The van der Waals surface area contributed by atoms with Gasteiger partial charge in [-0.1, -0.05) is 31.4 Å². The molecule has 72 valence electrons. The molecule has 13 heavy (non-hydrogen) atoms. The maximum absolute atomic E-state index is 5.51. The Kier molecular flexibility index (Phi) is 1.93. The first kappa shape index (κ1) is 8.05. The monoisotopic (exact) mass is 178 g/mol. The second kappa shape index (κ2) is 3.13. The Labute approximate surface area is 80.2 Å². The fraction of sp³-hybridized carbons (Fsp3) is 0.833. The van der Waals surface area contributed by atoms with Gasteiger partial charge in [-0.05, 0) is 31.1 Å². The Morgan fingerprint density at radius 3 is 2.62 bits per heavy atom. The molecule has 3 rings (SSSR count). The summed E-state index contributed by atoms with van der Waals surface area (Å²) < 4.78 is 5.51. The van der Waals surface area contributed by atoms with Crippen molar-refractivity contribution in [1.82, 2.24) is 0 Å². The summed E-state index contributed by atoms with van der Waals surface area (Å²) in [7, 11) is 0. The zero-order valence-electron chi connectivity index (χ0n) is 8.11. The lowest BCUT2D eigenvalue weighted by Crippen LogP contribution is -2.20. The number of ether oxygens (including phenoxy) is 1. The van der Waals surface area contributed by atoms with Crippen LogP contribution in [-0.4, -0.2) is 12.2 Å². The fourth-order valence-corrected chi connectivity index (χ4v) is 3.03. The van der Waals surface area contributed by atoms with Crippen molar-refractivity contribution < 1.29 is 4.74 Å². The molecule has 2 aliphatic carbocycles. The number of rotatable bonds is 1. The Hall–Kier alpha value is -0.300. The first-order valence-corrected chi connectivity index (χ1v) is 5.77. The van der Waals surface area contributed by atoms with Gasteiger partial charge in [-0.25, -0.2) is 0 Å². The average molecular weight is 178 g/mol. The third-order valence-corrected chi connectivity index (χ3v) is 3.93. The zero-order valence-corrected chi connectivity index (χ0v) is 8.11. The largest absolute Gasteiger partial charge is 0.365 e. The third kappa shape index (κ3) is 1.54. The van der Waals surface area contributed by atoms with E-state index in [1.807, 2.05) is 0 Å². The lowest BCUT2D eigenvalue weighted by molar-refractivity contribution is 0.256. The van der Waals surface area contributed by atoms with Crippen molar-refractivity contribution in [3.8, 4) is 0 Å². The van der Waals surface area contributed by atoms with Crippen LogP contribution >= 0.6 is 0 Å². The van der Waals surface area contributed by atoms with E-state index in [9.17, 15) is 0 Å². The summed E-state index contributed by atoms with van der Waals surface area (Å²) in [5, 5.41) is 0. The molecule has 0 bridgehead atoms. The van der Waals surface area contributed by atoms with Crippen LogP contribution in [0.4, 0.5) is 0 Å². The van der Waals surface area contributed by atoms with Gasteiger partial charge in [-0.2, -0.15) is 0 Å². The van der Waals surface area contributed by atoms with E-state index in [0.717, 1.165) is 11.8 Å². The van der Waals surface area contributed by atoms with Crippen molar-refractivity contribution in [2.75, 3.05) is 0 Å². The van der Waals surface area contributed by atoms with Crippen molar-refractivity contribution in [2.24, 2.45) is 11.8 Å². The highest BCUT2D eigenvalue weighted by Gasteiger charge is 2.42. The molecule has 1 nitrogen and oxygen atoms in total. The molecule has 2 fully saturated rings. The lowest BCUT2D eigenvalue weighted by Gasteiger charge is -2.28. The molecule has 0 radical (unpaired) electrons. The Morgan fingerprint density at radius 2 is 1.85 bits per heavy atom. The molecule has 0 spiro atoms. The molecule has 0 N–H and O–H groups in total. The first-order valence-electron chi connectivity index (χ1n) is 5.77. The highest BCUT2D eigenvalue weighted by molar-refractivity contribution is 5.11. The van der Waals surface area contributed by atoms with Gasteiger partial charge in [-0.3, -0.25) is 0 Å². The van der Waals surface area contributed by atoms with Gasteiger partial charge in [0, 0.05) is 0 Å². The second-order valence-electron chi connectivity index (χ2n) is 4.82. The van der Waals surface area contributed by atoms with Crippen molar-refractivity contribution in [1.29, 1.82) is 0 Å². The van der Waals surface area contributed by atoms with Gasteiger partial charge >= 0.3 is 0 Å². The van der Waals surface area contributed by atoms with Crippen LogP contribution in [0.15, 0.2) is 12.2 Å². The molecule has 0 aromatic rings. The van der Waals surface area contributed by atoms with Gasteiger partial charge in [0.2, 0.25) is 0 Å². The predicted molar refractivity (Wildman–Crippen MR) is 52.5 cm³/mol. The molecule has 1 saturated heterocycles. The molecule has 0 amide bonds. The molecular weight excluding hydrogens is 160 g/mol. The lowest BCUT2D eigenvalue weighted by atomic mass is 9.76. The van der Waals surface area contributed by atoms with Crippen molar-refractivity contribution >= 4 is 0 Å². The predicted octanol–water partition coefficient (Wildman–Crippen LogP) is 2.91. The summed E-state index contributed by atoms with van der Waals surface area (Å²) in [4.78, 5) is 0. The summed E-state index contributed by atoms with van der Waals surface area (Å²) >= 11 is 0. The molecule has 1 saturated carbocycles. The molecule has 3 atom stereocenters. The van der Waals surface area contributed by atoms with Crippen LogP contribution in [0, 0.1) is 11.8 Å². The van der Waals surface area contributed by atoms with E-state index in [1.54, 1.807) is 0 Å². The SMILES string of the molecule is C1=CC2OC2CC1C1CCCCC1. The number of allylic oxidation sites excluding steroid dienone is 1. The normalized spacial score (nSPS) is 44.5. The van der Waals surface area contributed by atoms with Crippen LogP contribution in [0.5, 0.6) is 0 Å². The number of epoxide rings is 1. The van der Waals surface area contributed by atoms with Gasteiger partial charge in [0.15, 0.2) is 0 Å². The zero-order chi connectivity index (χ0) is 8.67. The molecule has 0 aromatic heterocycles. The molecular formula is C12H18O. The maximum Gasteiger partial charge on any atom is 0.102 e. The van der Waals surface area contributed by atoms with E-state index in [2.05, 4.69) is 12.2 Å². The first-order chi connectivity index (χ1) is 6.43. The van der Waals surface area contributed by atoms with Crippen LogP contribution in [-0.2, 0) is 4.74 Å². The Balaban J connectivity index is 1.64. The van der Waals surface area contributed by atoms with Crippen molar-refractivity contribution in [3.63, 3.8) is 0 Å². The topological polar surface area (TPSA) is 12.5 Å². The highest BCUT2D eigenvalue weighted by Crippen LogP contribution is 2.41. The quantitative estimate of drug-likeness (QED) is 0.444. The van der Waals surface area contributed by atoms with Gasteiger partial charge in [-0.15, -0.1) is 0 Å². The summed E-state index contributed by atoms with van der Waals surface area (Å²) in [5.41, 5.74) is 0. The summed E-state index contributed by atoms with van der Waals surface area (Å²) in [6, 6.07) is 0. The second-order valence-corrected chi connectivity index (χ2v) is 4.82. The molecule has 1 aliphatic heterocycles. The Morgan fingerprint density at radius 1 is 1.00 bits per heavy atom. The van der Waals surface area contributed by atoms with Crippen molar-refractivity contribution in [3.05, 3.63) is 12.2 Å². The molecule has 1 heterocycles. The molecule has 3 aliphatic rings. The minimum Gasteiger partial charge on any atom is -0.365 e. The molecule has 3 unspecified atom stereocenters. The third-order valence-electron chi connectivity index (χ3n) is 3.93. The van der Waals surface area contributed by atoms with E-state index in [-0.39, 0.29) is 0 Å². The fourth-order valence-electron chi connectivity index (χ4n) is 3.03. The maximum atomic E-state index is 5.51. The smallest absolute Gasteiger partial charge is 0.102 e. The van der Waals surface area contributed by atoms with Gasteiger partial charge < -0.3 is 4.74 Å². The van der Waals surface area contributed by atoms with E-state index in [4.69, 9.17) is 4.74 Å². The standard InChI is InChI=1S/C12H18O/c1-2-4-9(5-3-1)10-6-7-11-12(8-10)13-11/h6-7,9-12H,1-5,8H2. The van der Waals surface area contributed by atoms with E-state index >= 15 is 0 Å². The van der Waals surface area contributed by atoms with Crippen LogP contribution in [0.25, 0.3) is 0 Å².